The summed E-state index contributed by atoms with van der Waals surface area (Å²) in [6.07, 6.45) is 4.16. The SMILES string of the molecule is CC.CC1CCC(C(=O)Nc2cnc3c(c2)CCC3O)O1.COc1cccc(F)c1F. The zero-order chi connectivity index (χ0) is 23.0. The second kappa shape index (κ2) is 11.7. The Hall–Kier alpha value is -2.58. The number of nitrogens with zero attached hydrogens (tertiary/aromatic N) is 1. The van der Waals surface area contributed by atoms with Crippen molar-refractivity contribution in [3.05, 3.63) is 53.4 Å². The van der Waals surface area contributed by atoms with Crippen molar-refractivity contribution in [1.29, 1.82) is 0 Å². The number of hydrogen-bond acceptors (Lipinski definition) is 5. The number of fused-ring (bicyclic) bond motifs is 1. The molecule has 170 valence electrons. The van der Waals surface area contributed by atoms with Crippen molar-refractivity contribution in [1.82, 2.24) is 4.98 Å². The van der Waals surface area contributed by atoms with Crippen molar-refractivity contribution in [2.75, 3.05) is 12.4 Å². The zero-order valence-electron chi connectivity index (χ0n) is 18.3. The van der Waals surface area contributed by atoms with Gasteiger partial charge in [-0.15, -0.1) is 0 Å². The number of methoxy groups -OCH3 is 1. The van der Waals surface area contributed by atoms with Crippen molar-refractivity contribution in [3.8, 4) is 5.75 Å². The van der Waals surface area contributed by atoms with Crippen LogP contribution in [0.5, 0.6) is 5.75 Å². The van der Waals surface area contributed by atoms with Crippen LogP contribution in [-0.4, -0.2) is 35.3 Å². The summed E-state index contributed by atoms with van der Waals surface area (Å²) in [5, 5.41) is 12.5. The molecule has 0 saturated carbocycles. The quantitative estimate of drug-likeness (QED) is 0.737. The second-order valence-electron chi connectivity index (χ2n) is 7.08. The van der Waals surface area contributed by atoms with Gasteiger partial charge in [-0.05, 0) is 56.4 Å². The van der Waals surface area contributed by atoms with Crippen LogP contribution in [-0.2, 0) is 16.0 Å². The molecule has 1 aromatic heterocycles. The Kier molecular flexibility index (Phi) is 9.33. The van der Waals surface area contributed by atoms with Crippen LogP contribution in [0.1, 0.15) is 57.4 Å². The third kappa shape index (κ3) is 6.45. The summed E-state index contributed by atoms with van der Waals surface area (Å²) >= 11 is 0. The van der Waals surface area contributed by atoms with Crippen molar-refractivity contribution in [2.45, 2.75) is 64.8 Å². The van der Waals surface area contributed by atoms with Crippen molar-refractivity contribution in [2.24, 2.45) is 0 Å². The van der Waals surface area contributed by atoms with Crippen LogP contribution in [0.15, 0.2) is 30.5 Å². The normalized spacial score (nSPS) is 21.2. The average molecular weight is 436 g/mol. The molecule has 3 atom stereocenters. The molecule has 1 aromatic carbocycles. The highest BCUT2D eigenvalue weighted by Crippen LogP contribution is 2.30. The molecule has 8 heteroatoms. The number of rotatable bonds is 3. The number of halogens is 2. The van der Waals surface area contributed by atoms with E-state index in [4.69, 9.17) is 4.74 Å². The number of aliphatic hydroxyl groups is 1. The Morgan fingerprint density at radius 1 is 1.26 bits per heavy atom. The maximum atomic E-state index is 12.5. The summed E-state index contributed by atoms with van der Waals surface area (Å²) in [6.45, 7) is 5.98. The van der Waals surface area contributed by atoms with E-state index in [2.05, 4.69) is 15.0 Å². The van der Waals surface area contributed by atoms with Gasteiger partial charge in [0.15, 0.2) is 11.6 Å². The molecule has 2 N–H and O–H groups in total. The lowest BCUT2D eigenvalue weighted by molar-refractivity contribution is -0.126. The number of ether oxygens (including phenoxy) is 2. The van der Waals surface area contributed by atoms with Gasteiger partial charge in [0, 0.05) is 0 Å². The lowest BCUT2D eigenvalue weighted by atomic mass is 10.2. The predicted octanol–water partition coefficient (Wildman–Crippen LogP) is 4.57. The minimum absolute atomic E-state index is 0.0694. The first kappa shape index (κ1) is 24.7. The van der Waals surface area contributed by atoms with E-state index in [0.717, 1.165) is 36.6 Å². The standard InChI is InChI=1S/C14H18N2O3.C7H6F2O.C2H6/c1-8-2-5-12(19-8)14(18)16-10-6-9-3-4-11(17)13(9)15-7-10;1-10-6-4-2-3-5(8)7(6)9;1-2/h6-8,11-12,17H,2-5H2,1H3,(H,16,18);2-4H,1H3;1-2H3. The van der Waals surface area contributed by atoms with Gasteiger partial charge >= 0.3 is 0 Å². The monoisotopic (exact) mass is 436 g/mol. The number of aryl methyl sites for hydroxylation is 1. The van der Waals surface area contributed by atoms with Crippen molar-refractivity contribution < 1.29 is 28.2 Å². The van der Waals surface area contributed by atoms with Gasteiger partial charge in [-0.25, -0.2) is 4.39 Å². The Balaban J connectivity index is 0.000000241. The topological polar surface area (TPSA) is 80.7 Å². The third-order valence-corrected chi connectivity index (χ3v) is 4.93. The smallest absolute Gasteiger partial charge is 0.253 e. The highest BCUT2D eigenvalue weighted by atomic mass is 19.2. The number of carbonyl (C=O) groups excluding carboxylic acids is 1. The lowest BCUT2D eigenvalue weighted by Crippen LogP contribution is -2.27. The van der Waals surface area contributed by atoms with E-state index >= 15 is 0 Å². The number of anilines is 1. The van der Waals surface area contributed by atoms with Gasteiger partial charge in [0.2, 0.25) is 5.82 Å². The van der Waals surface area contributed by atoms with Crippen LogP contribution in [0.3, 0.4) is 0 Å². The van der Waals surface area contributed by atoms with Crippen LogP contribution in [0.25, 0.3) is 0 Å². The third-order valence-electron chi connectivity index (χ3n) is 4.93. The Morgan fingerprint density at radius 2 is 2.00 bits per heavy atom. The predicted molar refractivity (Wildman–Crippen MR) is 114 cm³/mol. The van der Waals surface area contributed by atoms with Crippen LogP contribution >= 0.6 is 0 Å². The van der Waals surface area contributed by atoms with E-state index in [9.17, 15) is 18.7 Å². The first-order chi connectivity index (χ1) is 14.9. The fraction of sp³-hybridized carbons (Fsp3) is 0.478. The number of amides is 1. The number of benzene rings is 1. The fourth-order valence-corrected chi connectivity index (χ4v) is 3.38. The fourth-order valence-electron chi connectivity index (χ4n) is 3.38. The first-order valence-corrected chi connectivity index (χ1v) is 10.5. The summed E-state index contributed by atoms with van der Waals surface area (Å²) < 4.78 is 34.9. The molecule has 0 radical (unpaired) electrons. The maximum absolute atomic E-state index is 12.5. The van der Waals surface area contributed by atoms with Crippen LogP contribution < -0.4 is 10.1 Å². The Labute approximate surface area is 181 Å². The Morgan fingerprint density at radius 3 is 2.61 bits per heavy atom. The van der Waals surface area contributed by atoms with Gasteiger partial charge in [0.25, 0.3) is 5.91 Å². The number of carbonyl (C=O) groups is 1. The molecule has 1 fully saturated rings. The van der Waals surface area contributed by atoms with Gasteiger partial charge in [-0.1, -0.05) is 19.9 Å². The number of aliphatic hydroxyl groups excluding tert-OH is 1. The molecular formula is C23H30F2N2O4. The summed E-state index contributed by atoms with van der Waals surface area (Å²) in [6, 6.07) is 5.68. The molecule has 2 heterocycles. The summed E-state index contributed by atoms with van der Waals surface area (Å²) in [5.41, 5.74) is 2.44. The zero-order valence-corrected chi connectivity index (χ0v) is 18.3. The number of aromatic nitrogens is 1. The molecule has 2 aliphatic rings. The molecule has 0 bridgehead atoms. The molecule has 2 aromatic rings. The van der Waals surface area contributed by atoms with Crippen LogP contribution in [0.2, 0.25) is 0 Å². The second-order valence-corrected chi connectivity index (χ2v) is 7.08. The van der Waals surface area contributed by atoms with Crippen molar-refractivity contribution in [3.63, 3.8) is 0 Å². The largest absolute Gasteiger partial charge is 0.494 e. The maximum Gasteiger partial charge on any atom is 0.253 e. The number of hydrogen-bond donors (Lipinski definition) is 2. The first-order valence-electron chi connectivity index (χ1n) is 10.5. The summed E-state index contributed by atoms with van der Waals surface area (Å²) in [4.78, 5) is 16.2. The molecule has 31 heavy (non-hydrogen) atoms. The lowest BCUT2D eigenvalue weighted by Gasteiger charge is -2.12. The van der Waals surface area contributed by atoms with Gasteiger partial charge < -0.3 is 19.9 Å². The van der Waals surface area contributed by atoms with Gasteiger partial charge in [0.1, 0.15) is 6.10 Å². The van der Waals surface area contributed by atoms with E-state index in [0.29, 0.717) is 12.1 Å². The van der Waals surface area contributed by atoms with E-state index in [1.54, 1.807) is 6.20 Å². The molecule has 0 spiro atoms. The highest BCUT2D eigenvalue weighted by molar-refractivity contribution is 5.94. The molecule has 4 rings (SSSR count). The summed E-state index contributed by atoms with van der Waals surface area (Å²) in [5.74, 6) is -2.01. The molecule has 3 unspecified atom stereocenters. The molecule has 1 aliphatic heterocycles. The summed E-state index contributed by atoms with van der Waals surface area (Å²) in [7, 11) is 1.29. The molecule has 1 saturated heterocycles. The van der Waals surface area contributed by atoms with E-state index in [1.165, 1.54) is 19.2 Å². The van der Waals surface area contributed by atoms with Crippen LogP contribution in [0.4, 0.5) is 14.5 Å². The number of pyridine rings is 1. The van der Waals surface area contributed by atoms with E-state index < -0.39 is 17.7 Å². The van der Waals surface area contributed by atoms with Gasteiger partial charge in [-0.2, -0.15) is 4.39 Å². The molecule has 6 nitrogen and oxygen atoms in total. The molecule has 1 aliphatic carbocycles. The number of nitrogens with one attached hydrogen (secondary N) is 1. The Bertz CT molecular complexity index is 879. The minimum Gasteiger partial charge on any atom is -0.494 e. The molecular weight excluding hydrogens is 406 g/mol. The average Bonchev–Trinajstić information content (AvgIpc) is 3.38. The van der Waals surface area contributed by atoms with Crippen molar-refractivity contribution >= 4 is 11.6 Å². The van der Waals surface area contributed by atoms with Crippen LogP contribution in [0, 0.1) is 11.6 Å². The van der Waals surface area contributed by atoms with E-state index in [-0.39, 0.29) is 23.9 Å². The van der Waals surface area contributed by atoms with Gasteiger partial charge in [-0.3, -0.25) is 9.78 Å². The minimum atomic E-state index is -0.940. The van der Waals surface area contributed by atoms with Gasteiger partial charge in [0.05, 0.1) is 36.9 Å². The van der Waals surface area contributed by atoms with E-state index in [1.807, 2.05) is 26.8 Å². The highest BCUT2D eigenvalue weighted by Gasteiger charge is 2.28. The molecule has 1 amide bonds.